The summed E-state index contributed by atoms with van der Waals surface area (Å²) in [6, 6.07) is 6.47. The lowest BCUT2D eigenvalue weighted by Gasteiger charge is -2.16. The van der Waals surface area contributed by atoms with Gasteiger partial charge in [-0.25, -0.2) is 4.98 Å². The fraction of sp³-hybridized carbons (Fsp3) is 0.438. The van der Waals surface area contributed by atoms with E-state index in [-0.39, 0.29) is 6.04 Å². The van der Waals surface area contributed by atoms with E-state index in [0.717, 1.165) is 17.0 Å². The number of rotatable bonds is 5. The molecule has 0 aliphatic heterocycles. The van der Waals surface area contributed by atoms with Crippen LogP contribution in [0.4, 0.5) is 0 Å². The van der Waals surface area contributed by atoms with Crippen LogP contribution in [-0.2, 0) is 6.61 Å². The molecule has 1 aromatic heterocycles. The summed E-state index contributed by atoms with van der Waals surface area (Å²) in [7, 11) is 0. The van der Waals surface area contributed by atoms with Gasteiger partial charge in [-0.3, -0.25) is 0 Å². The molecule has 0 aliphatic rings. The van der Waals surface area contributed by atoms with Crippen molar-refractivity contribution in [2.45, 2.75) is 46.4 Å². The highest BCUT2D eigenvalue weighted by atomic mass is 16.5. The second-order valence-electron chi connectivity index (χ2n) is 5.50. The number of benzene rings is 1. The van der Waals surface area contributed by atoms with Gasteiger partial charge in [0.05, 0.1) is 18.2 Å². The van der Waals surface area contributed by atoms with Crippen LogP contribution < -0.4 is 10.5 Å². The predicted octanol–water partition coefficient (Wildman–Crippen LogP) is 3.37. The minimum absolute atomic E-state index is 0.0411. The summed E-state index contributed by atoms with van der Waals surface area (Å²) in [5.74, 6) is 0.858. The summed E-state index contributed by atoms with van der Waals surface area (Å²) in [5.41, 5.74) is 9.26. The molecule has 0 bridgehead atoms. The Labute approximate surface area is 120 Å². The standard InChI is InChI=1S/C16H23N3O/c1-11(2)19-10-18-8-14(19)9-20-16-7-12(3)5-6-15(16)13(4)17/h5-8,10-11,13H,9,17H2,1-4H3/t13-/m1/s1. The molecule has 0 saturated heterocycles. The molecule has 20 heavy (non-hydrogen) atoms. The van der Waals surface area contributed by atoms with Gasteiger partial charge in [-0.1, -0.05) is 12.1 Å². The zero-order valence-electron chi connectivity index (χ0n) is 12.6. The van der Waals surface area contributed by atoms with Crippen LogP contribution in [0.3, 0.4) is 0 Å². The van der Waals surface area contributed by atoms with Crippen LogP contribution in [0.2, 0.25) is 0 Å². The minimum Gasteiger partial charge on any atom is -0.487 e. The number of imidazole rings is 1. The fourth-order valence-corrected chi connectivity index (χ4v) is 2.20. The highest BCUT2D eigenvalue weighted by Gasteiger charge is 2.11. The largest absolute Gasteiger partial charge is 0.487 e. The van der Waals surface area contributed by atoms with Crippen molar-refractivity contribution in [1.29, 1.82) is 0 Å². The fourth-order valence-electron chi connectivity index (χ4n) is 2.20. The second-order valence-corrected chi connectivity index (χ2v) is 5.50. The molecule has 0 amide bonds. The van der Waals surface area contributed by atoms with Crippen molar-refractivity contribution in [2.75, 3.05) is 0 Å². The van der Waals surface area contributed by atoms with Crippen LogP contribution in [0, 0.1) is 6.92 Å². The Bertz CT molecular complexity index is 573. The zero-order valence-corrected chi connectivity index (χ0v) is 12.6. The SMILES string of the molecule is Cc1ccc([C@@H](C)N)c(OCc2cncn2C(C)C)c1. The van der Waals surface area contributed by atoms with Crippen molar-refractivity contribution in [3.05, 3.63) is 47.5 Å². The highest BCUT2D eigenvalue weighted by Crippen LogP contribution is 2.26. The van der Waals surface area contributed by atoms with Gasteiger partial charge in [-0.05, 0) is 39.3 Å². The summed E-state index contributed by atoms with van der Waals surface area (Å²) in [6.07, 6.45) is 3.69. The van der Waals surface area contributed by atoms with Crippen LogP contribution in [-0.4, -0.2) is 9.55 Å². The number of nitrogens with zero attached hydrogens (tertiary/aromatic N) is 2. The normalized spacial score (nSPS) is 12.7. The molecule has 0 spiro atoms. The number of nitrogens with two attached hydrogens (primary N) is 1. The first-order valence-electron chi connectivity index (χ1n) is 6.98. The van der Waals surface area contributed by atoms with Gasteiger partial charge in [0.25, 0.3) is 0 Å². The number of aryl methyl sites for hydroxylation is 1. The molecule has 1 atom stereocenters. The van der Waals surface area contributed by atoms with Gasteiger partial charge in [0, 0.05) is 17.6 Å². The Balaban J connectivity index is 2.18. The topological polar surface area (TPSA) is 53.1 Å². The maximum absolute atomic E-state index is 5.99. The first-order chi connectivity index (χ1) is 9.49. The minimum atomic E-state index is -0.0411. The van der Waals surface area contributed by atoms with E-state index in [2.05, 4.69) is 36.4 Å². The van der Waals surface area contributed by atoms with E-state index in [9.17, 15) is 0 Å². The molecular formula is C16H23N3O. The van der Waals surface area contributed by atoms with E-state index in [1.165, 1.54) is 5.56 Å². The van der Waals surface area contributed by atoms with Gasteiger partial charge in [-0.15, -0.1) is 0 Å². The van der Waals surface area contributed by atoms with E-state index in [1.54, 1.807) is 0 Å². The van der Waals surface area contributed by atoms with Gasteiger partial charge in [0.2, 0.25) is 0 Å². The monoisotopic (exact) mass is 273 g/mol. The Morgan fingerprint density at radius 2 is 2.05 bits per heavy atom. The predicted molar refractivity (Wildman–Crippen MR) is 80.7 cm³/mol. The van der Waals surface area contributed by atoms with Crippen LogP contribution in [0.15, 0.2) is 30.7 Å². The molecular weight excluding hydrogens is 250 g/mol. The lowest BCUT2D eigenvalue weighted by atomic mass is 10.1. The van der Waals surface area contributed by atoms with E-state index in [4.69, 9.17) is 10.5 Å². The molecule has 4 heteroatoms. The van der Waals surface area contributed by atoms with Gasteiger partial charge in [0.15, 0.2) is 0 Å². The Morgan fingerprint density at radius 3 is 2.70 bits per heavy atom. The Hall–Kier alpha value is -1.81. The average Bonchev–Trinajstić information content (AvgIpc) is 2.84. The van der Waals surface area contributed by atoms with Crippen molar-refractivity contribution in [2.24, 2.45) is 5.73 Å². The quantitative estimate of drug-likeness (QED) is 0.908. The van der Waals surface area contributed by atoms with Crippen molar-refractivity contribution < 1.29 is 4.74 Å². The van der Waals surface area contributed by atoms with Gasteiger partial charge in [-0.2, -0.15) is 0 Å². The first kappa shape index (κ1) is 14.6. The van der Waals surface area contributed by atoms with Crippen molar-refractivity contribution in [1.82, 2.24) is 9.55 Å². The first-order valence-corrected chi connectivity index (χ1v) is 6.98. The summed E-state index contributed by atoms with van der Waals surface area (Å²) >= 11 is 0. The van der Waals surface area contributed by atoms with Crippen LogP contribution in [0.1, 0.15) is 49.7 Å². The molecule has 0 radical (unpaired) electrons. The number of aromatic nitrogens is 2. The lowest BCUT2D eigenvalue weighted by Crippen LogP contribution is -2.10. The summed E-state index contributed by atoms with van der Waals surface area (Å²) in [4.78, 5) is 4.19. The Kier molecular flexibility index (Phi) is 4.45. The maximum atomic E-state index is 5.99. The molecule has 1 heterocycles. The van der Waals surface area contributed by atoms with Gasteiger partial charge in [0.1, 0.15) is 12.4 Å². The van der Waals surface area contributed by atoms with Crippen LogP contribution in [0.5, 0.6) is 5.75 Å². The second kappa shape index (κ2) is 6.09. The molecule has 0 saturated carbocycles. The molecule has 2 aromatic rings. The van der Waals surface area contributed by atoms with Gasteiger partial charge >= 0.3 is 0 Å². The lowest BCUT2D eigenvalue weighted by molar-refractivity contribution is 0.287. The van der Waals surface area contributed by atoms with E-state index >= 15 is 0 Å². The third-order valence-electron chi connectivity index (χ3n) is 3.34. The van der Waals surface area contributed by atoms with Crippen LogP contribution in [0.25, 0.3) is 0 Å². The molecule has 2 N–H and O–H groups in total. The van der Waals surface area contributed by atoms with Crippen molar-refractivity contribution in [3.63, 3.8) is 0 Å². The van der Waals surface area contributed by atoms with Crippen molar-refractivity contribution >= 4 is 0 Å². The third-order valence-corrected chi connectivity index (χ3v) is 3.34. The number of hydrogen-bond acceptors (Lipinski definition) is 3. The molecule has 1 aromatic carbocycles. The average molecular weight is 273 g/mol. The molecule has 4 nitrogen and oxygen atoms in total. The number of ether oxygens (including phenoxy) is 1. The summed E-state index contributed by atoms with van der Waals surface area (Å²) in [5, 5.41) is 0. The molecule has 0 aliphatic carbocycles. The van der Waals surface area contributed by atoms with E-state index in [0.29, 0.717) is 12.6 Å². The molecule has 2 rings (SSSR count). The Morgan fingerprint density at radius 1 is 1.30 bits per heavy atom. The molecule has 0 fully saturated rings. The van der Waals surface area contributed by atoms with E-state index < -0.39 is 0 Å². The molecule has 108 valence electrons. The van der Waals surface area contributed by atoms with Crippen molar-refractivity contribution in [3.8, 4) is 5.75 Å². The number of hydrogen-bond donors (Lipinski definition) is 1. The van der Waals surface area contributed by atoms with Crippen LogP contribution >= 0.6 is 0 Å². The highest BCUT2D eigenvalue weighted by molar-refractivity contribution is 5.39. The zero-order chi connectivity index (χ0) is 14.7. The van der Waals surface area contributed by atoms with Gasteiger partial charge < -0.3 is 15.0 Å². The summed E-state index contributed by atoms with van der Waals surface area (Å²) in [6.45, 7) is 8.78. The smallest absolute Gasteiger partial charge is 0.130 e. The summed E-state index contributed by atoms with van der Waals surface area (Å²) < 4.78 is 8.09. The molecule has 0 unspecified atom stereocenters. The van der Waals surface area contributed by atoms with E-state index in [1.807, 2.05) is 31.6 Å². The maximum Gasteiger partial charge on any atom is 0.130 e. The third kappa shape index (κ3) is 3.20.